The van der Waals surface area contributed by atoms with Gasteiger partial charge < -0.3 is 4.74 Å². The zero-order valence-electron chi connectivity index (χ0n) is 17.0. The van der Waals surface area contributed by atoms with Gasteiger partial charge in [0.05, 0.1) is 32.8 Å². The number of thiazole rings is 1. The van der Waals surface area contributed by atoms with E-state index in [0.717, 1.165) is 14.6 Å². The normalized spacial score (nSPS) is 11.5. The molecule has 0 saturated heterocycles. The summed E-state index contributed by atoms with van der Waals surface area (Å²) in [5, 5.41) is 11.5. The Kier molecular flexibility index (Phi) is 6.75. The van der Waals surface area contributed by atoms with E-state index >= 15 is 0 Å². The van der Waals surface area contributed by atoms with E-state index < -0.39 is 14.9 Å². The molecule has 8 nitrogen and oxygen atoms in total. The van der Waals surface area contributed by atoms with Gasteiger partial charge in [0.25, 0.3) is 15.7 Å². The average molecular weight is 522 g/mol. The molecule has 0 unspecified atom stereocenters. The van der Waals surface area contributed by atoms with Crippen LogP contribution < -0.4 is 9.46 Å². The fraction of sp³-hybridized carbons (Fsp3) is 0.0952. The third-order valence-electron chi connectivity index (χ3n) is 4.57. The maximum absolute atomic E-state index is 12.6. The molecule has 0 aliphatic heterocycles. The Balaban J connectivity index is 1.52. The molecule has 1 N–H and O–H groups in total. The lowest BCUT2D eigenvalue weighted by Gasteiger charge is -2.08. The van der Waals surface area contributed by atoms with Crippen LogP contribution in [0.15, 0.2) is 69.9 Å². The highest BCUT2D eigenvalue weighted by Crippen LogP contribution is 2.36. The van der Waals surface area contributed by atoms with Crippen molar-refractivity contribution in [2.75, 3.05) is 11.8 Å². The predicted octanol–water partition coefficient (Wildman–Crippen LogP) is 5.96. The predicted molar refractivity (Wildman–Crippen MR) is 131 cm³/mol. The van der Waals surface area contributed by atoms with Crippen LogP contribution in [0.25, 0.3) is 10.2 Å². The van der Waals surface area contributed by atoms with Gasteiger partial charge in [-0.15, -0.1) is 11.3 Å². The number of fused-ring (bicyclic) bond motifs is 1. The van der Waals surface area contributed by atoms with E-state index in [1.807, 2.05) is 0 Å². The summed E-state index contributed by atoms with van der Waals surface area (Å²) in [7, 11) is -2.24. The van der Waals surface area contributed by atoms with E-state index in [2.05, 4.69) is 9.71 Å². The Bertz CT molecular complexity index is 1440. The highest BCUT2D eigenvalue weighted by molar-refractivity contribution is 8.00. The second-order valence-corrected chi connectivity index (χ2v) is 11.1. The first-order valence-corrected chi connectivity index (χ1v) is 13.0. The number of nitro groups is 1. The lowest BCUT2D eigenvalue weighted by Crippen LogP contribution is -2.12. The fourth-order valence-electron chi connectivity index (χ4n) is 2.99. The number of nitrogens with zero attached hydrogens (tertiary/aromatic N) is 2. The van der Waals surface area contributed by atoms with Gasteiger partial charge in [0.15, 0.2) is 4.34 Å². The summed E-state index contributed by atoms with van der Waals surface area (Å²) in [5.74, 6) is 0.994. The van der Waals surface area contributed by atoms with Gasteiger partial charge in [-0.25, -0.2) is 13.4 Å². The number of halogens is 1. The average Bonchev–Trinajstić information content (AvgIpc) is 3.19. The number of benzene rings is 3. The minimum absolute atomic E-state index is 0.00619. The largest absolute Gasteiger partial charge is 0.496 e. The van der Waals surface area contributed by atoms with Crippen molar-refractivity contribution in [3.8, 4) is 5.75 Å². The summed E-state index contributed by atoms with van der Waals surface area (Å²) in [6, 6.07) is 15.5. The lowest BCUT2D eigenvalue weighted by molar-refractivity contribution is -0.384. The quantitative estimate of drug-likeness (QED) is 0.173. The van der Waals surface area contributed by atoms with Gasteiger partial charge in [-0.3, -0.25) is 14.8 Å². The monoisotopic (exact) mass is 521 g/mol. The molecule has 1 aromatic heterocycles. The number of sulfonamides is 1. The number of rotatable bonds is 8. The van der Waals surface area contributed by atoms with Gasteiger partial charge in [0.1, 0.15) is 5.75 Å². The maximum Gasteiger partial charge on any atom is 0.270 e. The van der Waals surface area contributed by atoms with Crippen molar-refractivity contribution < 1.29 is 18.1 Å². The fourth-order valence-corrected chi connectivity index (χ4v) is 6.25. The first-order valence-electron chi connectivity index (χ1n) is 9.38. The van der Waals surface area contributed by atoms with Crippen LogP contribution in [0.5, 0.6) is 5.75 Å². The molecule has 0 spiro atoms. The molecule has 4 aromatic rings. The van der Waals surface area contributed by atoms with E-state index in [-0.39, 0.29) is 10.6 Å². The summed E-state index contributed by atoms with van der Waals surface area (Å²) in [6.45, 7) is 0. The number of ether oxygens (including phenoxy) is 1. The van der Waals surface area contributed by atoms with Crippen molar-refractivity contribution in [3.63, 3.8) is 0 Å². The third kappa shape index (κ3) is 5.38. The van der Waals surface area contributed by atoms with Gasteiger partial charge in [-0.2, -0.15) is 0 Å². The molecule has 3 aromatic carbocycles. The number of hydrogen-bond acceptors (Lipinski definition) is 8. The minimum atomic E-state index is -3.76. The summed E-state index contributed by atoms with van der Waals surface area (Å²) in [6.07, 6.45) is 0. The van der Waals surface area contributed by atoms with Crippen molar-refractivity contribution in [1.29, 1.82) is 0 Å². The van der Waals surface area contributed by atoms with E-state index in [1.54, 1.807) is 24.3 Å². The highest BCUT2D eigenvalue weighted by Gasteiger charge is 2.16. The summed E-state index contributed by atoms with van der Waals surface area (Å²) >= 11 is 8.66. The number of methoxy groups -OCH3 is 1. The van der Waals surface area contributed by atoms with Crippen LogP contribution in [0.2, 0.25) is 5.02 Å². The SMILES string of the molecule is COc1ccc([N+](=O)[O-])cc1CSc1nc2ccc(NS(=O)(=O)c3ccc(Cl)cc3)cc2s1. The molecular formula is C21H16ClN3O5S3. The van der Waals surface area contributed by atoms with Crippen LogP contribution in [0.3, 0.4) is 0 Å². The second kappa shape index (κ2) is 9.56. The molecule has 4 rings (SSSR count). The Morgan fingerprint density at radius 1 is 1.15 bits per heavy atom. The summed E-state index contributed by atoms with van der Waals surface area (Å²) < 4.78 is 34.7. The van der Waals surface area contributed by atoms with Gasteiger partial charge in [-0.05, 0) is 48.5 Å². The molecule has 0 aliphatic rings. The highest BCUT2D eigenvalue weighted by atomic mass is 35.5. The van der Waals surface area contributed by atoms with Crippen LogP contribution in [0.4, 0.5) is 11.4 Å². The van der Waals surface area contributed by atoms with Crippen LogP contribution in [-0.4, -0.2) is 25.4 Å². The van der Waals surface area contributed by atoms with E-state index in [9.17, 15) is 18.5 Å². The van der Waals surface area contributed by atoms with Crippen LogP contribution in [-0.2, 0) is 15.8 Å². The zero-order valence-corrected chi connectivity index (χ0v) is 20.2. The van der Waals surface area contributed by atoms with Crippen molar-refractivity contribution in [2.24, 2.45) is 0 Å². The lowest BCUT2D eigenvalue weighted by atomic mass is 10.2. The number of nitrogens with one attached hydrogen (secondary N) is 1. The van der Waals surface area contributed by atoms with Gasteiger partial charge in [0, 0.05) is 28.5 Å². The topological polar surface area (TPSA) is 111 Å². The standard InChI is InChI=1S/C21H16ClN3O5S3/c1-30-19-9-5-16(25(26)27)10-13(19)12-31-21-23-18-8-4-15(11-20(18)32-21)24-33(28,29)17-6-2-14(22)3-7-17/h2-11,24H,12H2,1H3. The number of nitro benzene ring substituents is 1. The minimum Gasteiger partial charge on any atom is -0.496 e. The number of hydrogen-bond donors (Lipinski definition) is 1. The molecule has 0 aliphatic carbocycles. The van der Waals surface area contributed by atoms with E-state index in [1.165, 1.54) is 66.6 Å². The summed E-state index contributed by atoms with van der Waals surface area (Å²) in [5.41, 5.74) is 1.82. The van der Waals surface area contributed by atoms with Gasteiger partial charge >= 0.3 is 0 Å². The molecule has 170 valence electrons. The first-order chi connectivity index (χ1) is 15.7. The van der Waals surface area contributed by atoms with Crippen molar-refractivity contribution in [3.05, 3.63) is 81.4 Å². The zero-order chi connectivity index (χ0) is 23.6. The number of anilines is 1. The molecule has 33 heavy (non-hydrogen) atoms. The van der Waals surface area contributed by atoms with E-state index in [0.29, 0.717) is 27.8 Å². The van der Waals surface area contributed by atoms with Crippen molar-refractivity contribution in [2.45, 2.75) is 15.0 Å². The molecule has 12 heteroatoms. The summed E-state index contributed by atoms with van der Waals surface area (Å²) in [4.78, 5) is 15.3. The molecule has 0 bridgehead atoms. The third-order valence-corrected chi connectivity index (χ3v) is 8.43. The molecule has 0 amide bonds. The molecule has 0 saturated carbocycles. The van der Waals surface area contributed by atoms with E-state index in [4.69, 9.17) is 16.3 Å². The number of aromatic nitrogens is 1. The Morgan fingerprint density at radius 3 is 2.61 bits per heavy atom. The van der Waals surface area contributed by atoms with Crippen LogP contribution in [0.1, 0.15) is 5.56 Å². The Labute approximate surface area is 202 Å². The number of thioether (sulfide) groups is 1. The van der Waals surface area contributed by atoms with Crippen molar-refractivity contribution >= 4 is 66.3 Å². The molecule has 0 radical (unpaired) electrons. The van der Waals surface area contributed by atoms with Gasteiger partial charge in [0.2, 0.25) is 0 Å². The smallest absolute Gasteiger partial charge is 0.270 e. The van der Waals surface area contributed by atoms with Gasteiger partial charge in [-0.1, -0.05) is 23.4 Å². The maximum atomic E-state index is 12.6. The first kappa shape index (κ1) is 23.3. The molecule has 1 heterocycles. The second-order valence-electron chi connectivity index (χ2n) is 6.76. The Hall–Kier alpha value is -2.86. The van der Waals surface area contributed by atoms with Crippen molar-refractivity contribution in [1.82, 2.24) is 4.98 Å². The number of non-ortho nitro benzene ring substituents is 1. The Morgan fingerprint density at radius 2 is 1.91 bits per heavy atom. The van der Waals surface area contributed by atoms with Crippen LogP contribution in [0, 0.1) is 10.1 Å². The molecule has 0 fully saturated rings. The molecule has 0 atom stereocenters. The molecular weight excluding hydrogens is 506 g/mol. The van der Waals surface area contributed by atoms with Crippen LogP contribution >= 0.6 is 34.7 Å².